The Bertz CT molecular complexity index is 644. The molecule has 2 aromatic rings. The molecule has 1 aromatic carbocycles. The lowest BCUT2D eigenvalue weighted by molar-refractivity contribution is 0.0949. The van der Waals surface area contributed by atoms with E-state index in [9.17, 15) is 18.0 Å². The van der Waals surface area contributed by atoms with Crippen LogP contribution in [0.15, 0.2) is 18.3 Å². The van der Waals surface area contributed by atoms with Gasteiger partial charge in [-0.15, -0.1) is 0 Å². The Labute approximate surface area is 113 Å². The first-order valence-electron chi connectivity index (χ1n) is 5.80. The van der Waals surface area contributed by atoms with Crippen molar-refractivity contribution >= 4 is 5.91 Å². The number of benzene rings is 1. The van der Waals surface area contributed by atoms with Gasteiger partial charge in [0.1, 0.15) is 0 Å². The molecule has 7 heteroatoms. The summed E-state index contributed by atoms with van der Waals surface area (Å²) < 4.78 is 40.4. The summed E-state index contributed by atoms with van der Waals surface area (Å²) in [4.78, 5) is 11.8. The van der Waals surface area contributed by atoms with Gasteiger partial charge in [-0.25, -0.2) is 13.2 Å². The van der Waals surface area contributed by atoms with Crippen LogP contribution in [0, 0.1) is 24.4 Å². The van der Waals surface area contributed by atoms with Crippen molar-refractivity contribution in [2.75, 3.05) is 0 Å². The normalized spacial score (nSPS) is 10.7. The van der Waals surface area contributed by atoms with Crippen molar-refractivity contribution in [3.05, 3.63) is 52.6 Å². The van der Waals surface area contributed by atoms with Crippen LogP contribution in [-0.2, 0) is 13.6 Å². The highest BCUT2D eigenvalue weighted by atomic mass is 19.2. The average Bonchev–Trinajstić information content (AvgIpc) is 2.70. The first-order valence-corrected chi connectivity index (χ1v) is 5.80. The third-order valence-electron chi connectivity index (χ3n) is 2.80. The van der Waals surface area contributed by atoms with Crippen LogP contribution >= 0.6 is 0 Å². The molecule has 0 spiro atoms. The van der Waals surface area contributed by atoms with Gasteiger partial charge in [-0.1, -0.05) is 0 Å². The van der Waals surface area contributed by atoms with Crippen molar-refractivity contribution in [2.24, 2.45) is 7.05 Å². The summed E-state index contributed by atoms with van der Waals surface area (Å²) >= 11 is 0. The summed E-state index contributed by atoms with van der Waals surface area (Å²) in [6, 6.07) is 1.31. The maximum Gasteiger partial charge on any atom is 0.251 e. The summed E-state index contributed by atoms with van der Waals surface area (Å²) in [5.74, 6) is -5.07. The minimum atomic E-state index is -1.59. The number of carbonyl (C=O) groups excluding carboxylic acids is 1. The van der Waals surface area contributed by atoms with Gasteiger partial charge in [0.2, 0.25) is 0 Å². The molecule has 2 rings (SSSR count). The molecule has 0 unspecified atom stereocenters. The lowest BCUT2D eigenvalue weighted by Gasteiger charge is -2.05. The van der Waals surface area contributed by atoms with E-state index in [0.717, 1.165) is 11.3 Å². The van der Waals surface area contributed by atoms with E-state index in [1.165, 1.54) is 0 Å². The van der Waals surface area contributed by atoms with E-state index in [1.54, 1.807) is 24.9 Å². The number of carbonyl (C=O) groups is 1. The molecule has 1 heterocycles. The Morgan fingerprint density at radius 2 is 1.90 bits per heavy atom. The van der Waals surface area contributed by atoms with Crippen LogP contribution in [0.5, 0.6) is 0 Å². The maximum atomic E-state index is 13.0. The first kappa shape index (κ1) is 14.1. The predicted molar refractivity (Wildman–Crippen MR) is 65.4 cm³/mol. The minimum Gasteiger partial charge on any atom is -0.348 e. The fourth-order valence-electron chi connectivity index (χ4n) is 1.79. The fourth-order valence-corrected chi connectivity index (χ4v) is 1.79. The first-order chi connectivity index (χ1) is 9.38. The summed E-state index contributed by atoms with van der Waals surface area (Å²) in [7, 11) is 1.74. The van der Waals surface area contributed by atoms with Crippen LogP contribution in [0.3, 0.4) is 0 Å². The second-order valence-corrected chi connectivity index (χ2v) is 4.35. The summed E-state index contributed by atoms with van der Waals surface area (Å²) in [5.41, 5.74) is 1.25. The standard InChI is InChI=1S/C13H12F3N3O/c1-7-9(6-19(2)18-7)5-17-13(20)8-3-10(14)12(16)11(15)4-8/h3-4,6H,5H2,1-2H3,(H,17,20). The lowest BCUT2D eigenvalue weighted by atomic mass is 10.2. The van der Waals surface area contributed by atoms with E-state index in [-0.39, 0.29) is 12.1 Å². The van der Waals surface area contributed by atoms with Crippen LogP contribution in [0.25, 0.3) is 0 Å². The number of hydrogen-bond donors (Lipinski definition) is 1. The molecule has 0 fully saturated rings. The molecule has 1 N–H and O–H groups in total. The Morgan fingerprint density at radius 1 is 1.30 bits per heavy atom. The second-order valence-electron chi connectivity index (χ2n) is 4.35. The van der Waals surface area contributed by atoms with E-state index < -0.39 is 23.4 Å². The molecular weight excluding hydrogens is 271 g/mol. The molecule has 0 radical (unpaired) electrons. The number of rotatable bonds is 3. The minimum absolute atomic E-state index is 0.166. The van der Waals surface area contributed by atoms with Gasteiger partial charge in [-0.3, -0.25) is 9.48 Å². The molecule has 0 bridgehead atoms. The molecule has 20 heavy (non-hydrogen) atoms. The molecule has 1 aromatic heterocycles. The van der Waals surface area contributed by atoms with Crippen LogP contribution in [-0.4, -0.2) is 15.7 Å². The zero-order valence-corrected chi connectivity index (χ0v) is 10.9. The predicted octanol–water partition coefficient (Wildman–Crippen LogP) is 2.08. The third-order valence-corrected chi connectivity index (χ3v) is 2.80. The van der Waals surface area contributed by atoms with Gasteiger partial charge in [-0.05, 0) is 19.1 Å². The van der Waals surface area contributed by atoms with Gasteiger partial charge in [0, 0.05) is 30.9 Å². The average molecular weight is 283 g/mol. The van der Waals surface area contributed by atoms with Crippen LogP contribution in [0.2, 0.25) is 0 Å². The molecule has 0 atom stereocenters. The topological polar surface area (TPSA) is 46.9 Å². The van der Waals surface area contributed by atoms with E-state index in [1.807, 2.05) is 0 Å². The third kappa shape index (κ3) is 2.81. The van der Waals surface area contributed by atoms with Crippen LogP contribution in [0.1, 0.15) is 21.6 Å². The van der Waals surface area contributed by atoms with E-state index >= 15 is 0 Å². The number of hydrogen-bond acceptors (Lipinski definition) is 2. The highest BCUT2D eigenvalue weighted by molar-refractivity contribution is 5.94. The second kappa shape index (κ2) is 5.36. The number of nitrogens with one attached hydrogen (secondary N) is 1. The van der Waals surface area contributed by atoms with Crippen molar-refractivity contribution in [2.45, 2.75) is 13.5 Å². The van der Waals surface area contributed by atoms with Crippen LogP contribution in [0.4, 0.5) is 13.2 Å². The number of halogens is 3. The van der Waals surface area contributed by atoms with Crippen molar-refractivity contribution in [3.63, 3.8) is 0 Å². The van der Waals surface area contributed by atoms with Crippen molar-refractivity contribution < 1.29 is 18.0 Å². The summed E-state index contributed by atoms with van der Waals surface area (Å²) in [5, 5.41) is 6.59. The molecule has 1 amide bonds. The van der Waals surface area contributed by atoms with Crippen LogP contribution < -0.4 is 5.32 Å². The maximum absolute atomic E-state index is 13.0. The number of nitrogens with zero attached hydrogens (tertiary/aromatic N) is 2. The Morgan fingerprint density at radius 3 is 2.40 bits per heavy atom. The van der Waals surface area contributed by atoms with Gasteiger partial charge in [0.25, 0.3) is 5.91 Å². The zero-order valence-electron chi connectivity index (χ0n) is 10.9. The Balaban J connectivity index is 2.11. The van der Waals surface area contributed by atoms with Crippen molar-refractivity contribution in [1.82, 2.24) is 15.1 Å². The van der Waals surface area contributed by atoms with E-state index in [4.69, 9.17) is 0 Å². The molecule has 0 saturated carbocycles. The highest BCUT2D eigenvalue weighted by Gasteiger charge is 2.15. The lowest BCUT2D eigenvalue weighted by Crippen LogP contribution is -2.23. The van der Waals surface area contributed by atoms with Crippen molar-refractivity contribution in [1.29, 1.82) is 0 Å². The fraction of sp³-hybridized carbons (Fsp3) is 0.231. The smallest absolute Gasteiger partial charge is 0.251 e. The highest BCUT2D eigenvalue weighted by Crippen LogP contribution is 2.14. The monoisotopic (exact) mass is 283 g/mol. The number of aryl methyl sites for hydroxylation is 2. The number of amides is 1. The molecule has 0 aliphatic heterocycles. The van der Waals surface area contributed by atoms with E-state index in [0.29, 0.717) is 12.1 Å². The van der Waals surface area contributed by atoms with Gasteiger partial charge < -0.3 is 5.32 Å². The molecule has 4 nitrogen and oxygen atoms in total. The number of aromatic nitrogens is 2. The SMILES string of the molecule is Cc1nn(C)cc1CNC(=O)c1cc(F)c(F)c(F)c1. The Kier molecular flexibility index (Phi) is 3.78. The molecular formula is C13H12F3N3O. The van der Waals surface area contributed by atoms with Crippen molar-refractivity contribution in [3.8, 4) is 0 Å². The van der Waals surface area contributed by atoms with Gasteiger partial charge in [0.15, 0.2) is 17.5 Å². The molecule has 106 valence electrons. The van der Waals surface area contributed by atoms with Gasteiger partial charge >= 0.3 is 0 Å². The van der Waals surface area contributed by atoms with Gasteiger partial charge in [-0.2, -0.15) is 5.10 Å². The Hall–Kier alpha value is -2.31. The van der Waals surface area contributed by atoms with E-state index in [2.05, 4.69) is 10.4 Å². The largest absolute Gasteiger partial charge is 0.348 e. The zero-order chi connectivity index (χ0) is 14.9. The molecule has 0 saturated heterocycles. The molecule has 0 aliphatic carbocycles. The molecule has 0 aliphatic rings. The quantitative estimate of drug-likeness (QED) is 0.877. The summed E-state index contributed by atoms with van der Waals surface area (Å²) in [6.45, 7) is 1.94. The van der Waals surface area contributed by atoms with Gasteiger partial charge in [0.05, 0.1) is 5.69 Å². The summed E-state index contributed by atoms with van der Waals surface area (Å²) in [6.07, 6.45) is 1.72.